The first kappa shape index (κ1) is 22.4. The van der Waals surface area contributed by atoms with Gasteiger partial charge in [0.15, 0.2) is 0 Å². The summed E-state index contributed by atoms with van der Waals surface area (Å²) in [4.78, 5) is 41.4. The second kappa shape index (κ2) is 8.29. The zero-order chi connectivity index (χ0) is 22.5. The molecule has 3 heterocycles. The van der Waals surface area contributed by atoms with Gasteiger partial charge >= 0.3 is 0 Å². The number of carbonyl (C=O) groups excluding carboxylic acids is 3. The average Bonchev–Trinajstić information content (AvgIpc) is 3.36. The van der Waals surface area contributed by atoms with Gasteiger partial charge in [0.2, 0.25) is 17.7 Å². The highest BCUT2D eigenvalue weighted by molar-refractivity contribution is 9.09. The summed E-state index contributed by atoms with van der Waals surface area (Å²) in [5.74, 6) is -1.19. The Morgan fingerprint density at radius 3 is 2.61 bits per heavy atom. The molecule has 1 aromatic carbocycles. The lowest BCUT2D eigenvalue weighted by Gasteiger charge is -2.36. The Bertz CT molecular complexity index is 900. The topological polar surface area (TPSA) is 108 Å². The summed E-state index contributed by atoms with van der Waals surface area (Å²) >= 11 is 5.26. The fourth-order valence-corrected chi connectivity index (χ4v) is 8.88. The van der Waals surface area contributed by atoms with Crippen molar-refractivity contribution < 1.29 is 24.2 Å². The number of benzene rings is 1. The standard InChI is InChI=1S/C21H26BrN3O5S/c1-10(9-26)25-17(19(28)24-11-4-6-12(30-3)7-5-11)21-8-13(22)16(31-21)14(18(27)23-2)15(21)20(25)29/h4-7,10,13-17,26H,8-9H2,1-3H3,(H,23,27)(H,24,28)/t10-,13?,14-,15+,16-,17?,21?/m1/s1. The number of hydrogen-bond donors (Lipinski definition) is 3. The van der Waals surface area contributed by atoms with Crippen molar-refractivity contribution in [1.82, 2.24) is 10.2 Å². The van der Waals surface area contributed by atoms with E-state index in [-0.39, 0.29) is 34.4 Å². The van der Waals surface area contributed by atoms with Crippen LogP contribution in [0, 0.1) is 11.8 Å². The largest absolute Gasteiger partial charge is 0.497 e. The molecular formula is C21H26BrN3O5S. The van der Waals surface area contributed by atoms with Crippen LogP contribution >= 0.6 is 27.7 Å². The quantitative estimate of drug-likeness (QED) is 0.495. The van der Waals surface area contributed by atoms with Crippen LogP contribution in [0.5, 0.6) is 5.75 Å². The lowest BCUT2D eigenvalue weighted by molar-refractivity contribution is -0.141. The summed E-state index contributed by atoms with van der Waals surface area (Å²) in [7, 11) is 3.13. The number of likely N-dealkylation sites (tertiary alicyclic amines) is 1. The van der Waals surface area contributed by atoms with Gasteiger partial charge in [0.05, 0.1) is 36.3 Å². The maximum atomic E-state index is 13.6. The van der Waals surface area contributed by atoms with Crippen LogP contribution in [0.4, 0.5) is 5.69 Å². The van der Waals surface area contributed by atoms with Gasteiger partial charge in [0.25, 0.3) is 0 Å². The number of rotatable bonds is 6. The van der Waals surface area contributed by atoms with E-state index in [2.05, 4.69) is 26.6 Å². The van der Waals surface area contributed by atoms with Crippen LogP contribution in [0.3, 0.4) is 0 Å². The van der Waals surface area contributed by atoms with Gasteiger partial charge in [-0.05, 0) is 37.6 Å². The van der Waals surface area contributed by atoms with E-state index in [4.69, 9.17) is 4.74 Å². The van der Waals surface area contributed by atoms with E-state index in [0.717, 1.165) is 0 Å². The molecule has 0 saturated carbocycles. The summed E-state index contributed by atoms with van der Waals surface area (Å²) in [6.07, 6.45) is 0.599. The van der Waals surface area contributed by atoms with E-state index >= 15 is 0 Å². The van der Waals surface area contributed by atoms with Crippen LogP contribution in [0.1, 0.15) is 13.3 Å². The molecule has 0 radical (unpaired) electrons. The SMILES string of the molecule is CNC(=O)[C@H]1[C@@H]2SC3(CC2Br)C(C(=O)Nc2ccc(OC)cc2)N([C@H](C)CO)C(=O)[C@H]13. The zero-order valence-corrected chi connectivity index (χ0v) is 19.9. The number of fused-ring (bicyclic) bond motifs is 1. The number of aliphatic hydroxyl groups excluding tert-OH is 1. The molecule has 1 spiro atoms. The van der Waals surface area contributed by atoms with E-state index in [1.54, 1.807) is 57.1 Å². The number of hydrogen-bond acceptors (Lipinski definition) is 6. The molecule has 3 aliphatic rings. The minimum Gasteiger partial charge on any atom is -0.497 e. The molecular weight excluding hydrogens is 486 g/mol. The molecule has 3 amide bonds. The molecule has 0 aliphatic carbocycles. The fraction of sp³-hybridized carbons (Fsp3) is 0.571. The van der Waals surface area contributed by atoms with Crippen molar-refractivity contribution in [1.29, 1.82) is 0 Å². The molecule has 1 aromatic rings. The van der Waals surface area contributed by atoms with Crippen molar-refractivity contribution in [2.24, 2.45) is 11.8 Å². The summed E-state index contributed by atoms with van der Waals surface area (Å²) in [6.45, 7) is 1.46. The van der Waals surface area contributed by atoms with E-state index in [9.17, 15) is 19.5 Å². The van der Waals surface area contributed by atoms with Crippen LogP contribution in [0.15, 0.2) is 24.3 Å². The predicted molar refractivity (Wildman–Crippen MR) is 121 cm³/mol. The maximum absolute atomic E-state index is 13.6. The summed E-state index contributed by atoms with van der Waals surface area (Å²) in [5, 5.41) is 15.4. The Labute approximate surface area is 193 Å². The van der Waals surface area contributed by atoms with Crippen molar-refractivity contribution in [2.45, 2.75) is 40.3 Å². The fourth-order valence-electron chi connectivity index (χ4n) is 5.28. The van der Waals surface area contributed by atoms with E-state index in [1.165, 1.54) is 4.90 Å². The van der Waals surface area contributed by atoms with E-state index in [0.29, 0.717) is 17.9 Å². The van der Waals surface area contributed by atoms with E-state index < -0.39 is 28.7 Å². The van der Waals surface area contributed by atoms with Gasteiger partial charge in [-0.25, -0.2) is 0 Å². The Morgan fingerprint density at radius 2 is 2.03 bits per heavy atom. The molecule has 8 nitrogen and oxygen atoms in total. The van der Waals surface area contributed by atoms with Crippen LogP contribution in [-0.2, 0) is 14.4 Å². The molecule has 3 saturated heterocycles. The van der Waals surface area contributed by atoms with Gasteiger partial charge in [0.1, 0.15) is 11.8 Å². The van der Waals surface area contributed by atoms with Crippen LogP contribution in [0.25, 0.3) is 0 Å². The highest BCUT2D eigenvalue weighted by Gasteiger charge is 2.75. The van der Waals surface area contributed by atoms with Gasteiger partial charge in [0, 0.05) is 22.8 Å². The van der Waals surface area contributed by atoms with Crippen LogP contribution in [0.2, 0.25) is 0 Å². The highest BCUT2D eigenvalue weighted by Crippen LogP contribution is 2.67. The summed E-state index contributed by atoms with van der Waals surface area (Å²) in [6, 6.07) is 5.63. The minimum atomic E-state index is -0.793. The molecule has 2 bridgehead atoms. The maximum Gasteiger partial charge on any atom is 0.248 e. The second-order valence-electron chi connectivity index (χ2n) is 8.27. The number of nitrogens with one attached hydrogen (secondary N) is 2. The first-order valence-corrected chi connectivity index (χ1v) is 12.0. The molecule has 7 atom stereocenters. The zero-order valence-electron chi connectivity index (χ0n) is 17.5. The molecule has 3 N–H and O–H groups in total. The monoisotopic (exact) mass is 511 g/mol. The summed E-state index contributed by atoms with van der Waals surface area (Å²) < 4.78 is 4.43. The molecule has 4 rings (SSSR count). The molecule has 168 valence electrons. The number of methoxy groups -OCH3 is 1. The van der Waals surface area contributed by atoms with E-state index in [1.807, 2.05) is 0 Å². The second-order valence-corrected chi connectivity index (χ2v) is 11.0. The summed E-state index contributed by atoms with van der Waals surface area (Å²) in [5.41, 5.74) is 0.588. The van der Waals surface area contributed by atoms with Gasteiger partial charge in [-0.3, -0.25) is 14.4 Å². The molecule has 3 aliphatic heterocycles. The first-order valence-electron chi connectivity index (χ1n) is 10.2. The molecule has 0 aromatic heterocycles. The number of halogens is 1. The number of aliphatic hydroxyl groups is 1. The van der Waals surface area contributed by atoms with Crippen molar-refractivity contribution in [3.05, 3.63) is 24.3 Å². The molecule has 10 heteroatoms. The Balaban J connectivity index is 1.72. The third kappa shape index (κ3) is 3.34. The first-order chi connectivity index (χ1) is 14.8. The number of thioether (sulfide) groups is 1. The Kier molecular flexibility index (Phi) is 5.99. The van der Waals surface area contributed by atoms with Gasteiger partial charge in [-0.2, -0.15) is 0 Å². The van der Waals surface area contributed by atoms with Crippen molar-refractivity contribution >= 4 is 51.1 Å². The van der Waals surface area contributed by atoms with Crippen LogP contribution < -0.4 is 15.4 Å². The average molecular weight is 512 g/mol. The van der Waals surface area contributed by atoms with Crippen molar-refractivity contribution in [3.8, 4) is 5.75 Å². The predicted octanol–water partition coefficient (Wildman–Crippen LogP) is 1.23. The Hall–Kier alpha value is -1.78. The van der Waals surface area contributed by atoms with Crippen LogP contribution in [-0.4, -0.2) is 75.4 Å². The number of nitrogens with zero attached hydrogens (tertiary/aromatic N) is 1. The number of ether oxygens (including phenoxy) is 1. The number of anilines is 1. The Morgan fingerprint density at radius 1 is 1.35 bits per heavy atom. The van der Waals surface area contributed by atoms with Gasteiger partial charge < -0.3 is 25.4 Å². The number of amides is 3. The highest BCUT2D eigenvalue weighted by atomic mass is 79.9. The normalized spacial score (nSPS) is 34.4. The van der Waals surface area contributed by atoms with Gasteiger partial charge in [-0.15, -0.1) is 11.8 Å². The third-order valence-corrected chi connectivity index (χ3v) is 9.84. The van der Waals surface area contributed by atoms with Crippen molar-refractivity contribution in [3.63, 3.8) is 0 Å². The van der Waals surface area contributed by atoms with Crippen molar-refractivity contribution in [2.75, 3.05) is 26.1 Å². The van der Waals surface area contributed by atoms with Gasteiger partial charge in [-0.1, -0.05) is 15.9 Å². The number of alkyl halides is 1. The lowest BCUT2D eigenvalue weighted by atomic mass is 9.70. The smallest absolute Gasteiger partial charge is 0.248 e. The number of carbonyl (C=O) groups is 3. The lowest BCUT2D eigenvalue weighted by Crippen LogP contribution is -2.54. The minimum absolute atomic E-state index is 0.0181. The molecule has 3 fully saturated rings. The molecule has 3 unspecified atom stereocenters. The third-order valence-electron chi connectivity index (χ3n) is 6.62. The molecule has 31 heavy (non-hydrogen) atoms.